The zero-order valence-electron chi connectivity index (χ0n) is 12.4. The fourth-order valence-corrected chi connectivity index (χ4v) is 2.76. The van der Waals surface area contributed by atoms with Gasteiger partial charge in [0.1, 0.15) is 5.76 Å². The average Bonchev–Trinajstić information content (AvgIpc) is 2.92. The number of anilines is 1. The first-order valence-corrected chi connectivity index (χ1v) is 8.28. The molecule has 2 rings (SSSR count). The Balaban J connectivity index is 1.65. The third-order valence-electron chi connectivity index (χ3n) is 2.70. The van der Waals surface area contributed by atoms with Crippen LogP contribution in [0.5, 0.6) is 0 Å². The second-order valence-corrected chi connectivity index (χ2v) is 6.01. The van der Waals surface area contributed by atoms with Gasteiger partial charge in [-0.15, -0.1) is 11.8 Å². The zero-order chi connectivity index (χ0) is 16.7. The number of nitrogens with zero attached hydrogens (tertiary/aromatic N) is 1. The van der Waals surface area contributed by atoms with Crippen molar-refractivity contribution in [3.8, 4) is 0 Å². The van der Waals surface area contributed by atoms with Crippen molar-refractivity contribution in [2.75, 3.05) is 17.7 Å². The Labute approximate surface area is 142 Å². The Kier molecular flexibility index (Phi) is 6.49. The molecular weight excluding hydrogens is 340 g/mol. The number of aryl methyl sites for hydroxylation is 1. The van der Waals surface area contributed by atoms with E-state index in [0.717, 1.165) is 5.56 Å². The topological polar surface area (TPSA) is 81.4 Å². The van der Waals surface area contributed by atoms with Gasteiger partial charge in [-0.3, -0.25) is 9.59 Å². The van der Waals surface area contributed by atoms with Crippen LogP contribution in [-0.4, -0.2) is 29.4 Å². The van der Waals surface area contributed by atoms with Crippen molar-refractivity contribution in [2.24, 2.45) is 0 Å². The lowest BCUT2D eigenvalue weighted by molar-refractivity contribution is -0.144. The highest BCUT2D eigenvalue weighted by molar-refractivity contribution is 7.99. The Morgan fingerprint density at radius 1 is 1.39 bits per heavy atom. The number of nitrogens with one attached hydrogen (secondary N) is 1. The molecule has 0 radical (unpaired) electrons. The number of benzene rings is 1. The van der Waals surface area contributed by atoms with Crippen molar-refractivity contribution in [1.82, 2.24) is 5.16 Å². The highest BCUT2D eigenvalue weighted by Gasteiger charge is 2.10. The molecule has 0 aliphatic rings. The molecule has 6 nitrogen and oxygen atoms in total. The van der Waals surface area contributed by atoms with E-state index in [1.807, 2.05) is 18.2 Å². The average molecular weight is 355 g/mol. The van der Waals surface area contributed by atoms with E-state index in [-0.39, 0.29) is 18.2 Å². The highest BCUT2D eigenvalue weighted by Crippen LogP contribution is 2.20. The number of hydrogen-bond donors (Lipinski definition) is 1. The van der Waals surface area contributed by atoms with Crippen LogP contribution in [-0.2, 0) is 20.1 Å². The standard InChI is InChI=1S/C15H15ClN2O4S/c1-10-6-13(18-22-10)17-14(19)7-21-15(20)9-23-8-11-4-2-3-5-12(11)16/h2-6H,7-9H2,1H3,(H,17,18,19). The number of ether oxygens (including phenoxy) is 1. The minimum absolute atomic E-state index is 0.140. The molecule has 0 aliphatic carbocycles. The molecule has 1 N–H and O–H groups in total. The van der Waals surface area contributed by atoms with Gasteiger partial charge in [0.2, 0.25) is 0 Å². The fourth-order valence-electron chi connectivity index (χ4n) is 1.65. The number of esters is 1. The van der Waals surface area contributed by atoms with E-state index >= 15 is 0 Å². The second kappa shape index (κ2) is 8.59. The number of rotatable bonds is 7. The van der Waals surface area contributed by atoms with Gasteiger partial charge >= 0.3 is 5.97 Å². The van der Waals surface area contributed by atoms with Crippen LogP contribution in [0.15, 0.2) is 34.9 Å². The normalized spacial score (nSPS) is 10.3. The van der Waals surface area contributed by atoms with E-state index in [2.05, 4.69) is 10.5 Å². The van der Waals surface area contributed by atoms with Crippen LogP contribution in [0.25, 0.3) is 0 Å². The number of halogens is 1. The SMILES string of the molecule is Cc1cc(NC(=O)COC(=O)CSCc2ccccc2Cl)no1. The molecule has 0 saturated carbocycles. The predicted molar refractivity (Wildman–Crippen MR) is 88.4 cm³/mol. The van der Waals surface area contributed by atoms with Crippen LogP contribution in [0.4, 0.5) is 5.82 Å². The maximum absolute atomic E-state index is 11.6. The number of carbonyl (C=O) groups excluding carboxylic acids is 2. The molecule has 0 saturated heterocycles. The summed E-state index contributed by atoms with van der Waals surface area (Å²) in [4.78, 5) is 23.2. The summed E-state index contributed by atoms with van der Waals surface area (Å²) < 4.78 is 9.70. The van der Waals surface area contributed by atoms with Gasteiger partial charge in [-0.05, 0) is 18.6 Å². The molecule has 0 fully saturated rings. The number of carbonyl (C=O) groups is 2. The summed E-state index contributed by atoms with van der Waals surface area (Å²) >= 11 is 7.39. The molecule has 2 aromatic rings. The molecule has 0 spiro atoms. The molecule has 1 aromatic heterocycles. The van der Waals surface area contributed by atoms with Crippen LogP contribution in [0.2, 0.25) is 5.02 Å². The van der Waals surface area contributed by atoms with Crippen molar-refractivity contribution in [2.45, 2.75) is 12.7 Å². The molecule has 1 heterocycles. The minimum Gasteiger partial charge on any atom is -0.455 e. The van der Waals surface area contributed by atoms with Crippen LogP contribution in [0, 0.1) is 6.92 Å². The maximum atomic E-state index is 11.6. The molecule has 0 aliphatic heterocycles. The first-order chi connectivity index (χ1) is 11.0. The van der Waals surface area contributed by atoms with Crippen LogP contribution in [0.3, 0.4) is 0 Å². The van der Waals surface area contributed by atoms with Gasteiger partial charge in [-0.1, -0.05) is 35.0 Å². The summed E-state index contributed by atoms with van der Waals surface area (Å²) in [5, 5.41) is 6.74. The van der Waals surface area contributed by atoms with Crippen LogP contribution < -0.4 is 5.32 Å². The van der Waals surface area contributed by atoms with E-state index in [1.165, 1.54) is 11.8 Å². The molecule has 23 heavy (non-hydrogen) atoms. The Morgan fingerprint density at radius 2 is 2.17 bits per heavy atom. The van der Waals surface area contributed by atoms with E-state index in [4.69, 9.17) is 20.9 Å². The zero-order valence-corrected chi connectivity index (χ0v) is 13.9. The van der Waals surface area contributed by atoms with Gasteiger partial charge in [0.25, 0.3) is 5.91 Å². The predicted octanol–water partition coefficient (Wildman–Crippen LogP) is 3.05. The first-order valence-electron chi connectivity index (χ1n) is 6.74. The summed E-state index contributed by atoms with van der Waals surface area (Å²) in [6, 6.07) is 8.99. The van der Waals surface area contributed by atoms with Gasteiger partial charge in [-0.2, -0.15) is 0 Å². The van der Waals surface area contributed by atoms with Crippen molar-refractivity contribution < 1.29 is 18.8 Å². The second-order valence-electron chi connectivity index (χ2n) is 4.62. The van der Waals surface area contributed by atoms with E-state index in [1.54, 1.807) is 19.1 Å². The summed E-state index contributed by atoms with van der Waals surface area (Å²) in [7, 11) is 0. The molecule has 0 unspecified atom stereocenters. The molecule has 1 aromatic carbocycles. The number of hydrogen-bond acceptors (Lipinski definition) is 6. The number of thioether (sulfide) groups is 1. The maximum Gasteiger partial charge on any atom is 0.316 e. The van der Waals surface area contributed by atoms with E-state index in [9.17, 15) is 9.59 Å². The molecular formula is C15H15ClN2O4S. The van der Waals surface area contributed by atoms with Crippen molar-refractivity contribution in [3.63, 3.8) is 0 Å². The van der Waals surface area contributed by atoms with Crippen LogP contribution >= 0.6 is 23.4 Å². The molecule has 122 valence electrons. The molecule has 0 atom stereocenters. The molecule has 1 amide bonds. The van der Waals surface area contributed by atoms with Crippen LogP contribution in [0.1, 0.15) is 11.3 Å². The Bertz CT molecular complexity index is 690. The molecule has 8 heteroatoms. The monoisotopic (exact) mass is 354 g/mol. The van der Waals surface area contributed by atoms with Gasteiger partial charge < -0.3 is 14.6 Å². The lowest BCUT2D eigenvalue weighted by Crippen LogP contribution is -2.21. The van der Waals surface area contributed by atoms with Gasteiger partial charge in [-0.25, -0.2) is 0 Å². The Morgan fingerprint density at radius 3 is 2.87 bits per heavy atom. The third-order valence-corrected chi connectivity index (χ3v) is 4.02. The summed E-state index contributed by atoms with van der Waals surface area (Å²) in [6.45, 7) is 1.34. The summed E-state index contributed by atoms with van der Waals surface area (Å²) in [5.74, 6) is 0.669. The van der Waals surface area contributed by atoms with Crippen molar-refractivity contribution >= 4 is 41.1 Å². The van der Waals surface area contributed by atoms with Crippen molar-refractivity contribution in [1.29, 1.82) is 0 Å². The molecule has 0 bridgehead atoms. The largest absolute Gasteiger partial charge is 0.455 e. The number of aromatic nitrogens is 1. The fraction of sp³-hybridized carbons (Fsp3) is 0.267. The van der Waals surface area contributed by atoms with E-state index < -0.39 is 11.9 Å². The van der Waals surface area contributed by atoms with Crippen molar-refractivity contribution in [3.05, 3.63) is 46.7 Å². The quantitative estimate of drug-likeness (QED) is 0.769. The van der Waals surface area contributed by atoms with Gasteiger partial charge in [0.05, 0.1) is 5.75 Å². The lowest BCUT2D eigenvalue weighted by atomic mass is 10.2. The summed E-state index contributed by atoms with van der Waals surface area (Å²) in [6.07, 6.45) is 0. The first kappa shape index (κ1) is 17.4. The lowest BCUT2D eigenvalue weighted by Gasteiger charge is -2.05. The highest BCUT2D eigenvalue weighted by atomic mass is 35.5. The smallest absolute Gasteiger partial charge is 0.316 e. The number of amides is 1. The Hall–Kier alpha value is -1.99. The summed E-state index contributed by atoms with van der Waals surface area (Å²) in [5.41, 5.74) is 0.950. The van der Waals surface area contributed by atoms with E-state index in [0.29, 0.717) is 16.5 Å². The third kappa shape index (κ3) is 5.96. The van der Waals surface area contributed by atoms with Gasteiger partial charge in [0.15, 0.2) is 12.4 Å². The van der Waals surface area contributed by atoms with Gasteiger partial charge in [0, 0.05) is 16.8 Å². The minimum atomic E-state index is -0.470.